The van der Waals surface area contributed by atoms with Crippen LogP contribution in [0.4, 0.5) is 0 Å². The second kappa shape index (κ2) is 6.99. The molecule has 1 saturated heterocycles. The molecule has 1 fully saturated rings. The lowest BCUT2D eigenvalue weighted by atomic mass is 10.0. The van der Waals surface area contributed by atoms with Crippen molar-refractivity contribution in [2.45, 2.75) is 44.8 Å². The average Bonchev–Trinajstić information content (AvgIpc) is 2.89. The van der Waals surface area contributed by atoms with Crippen molar-refractivity contribution in [3.05, 3.63) is 28.8 Å². The Morgan fingerprint density at radius 2 is 2.14 bits per heavy atom. The number of nitrogens with zero attached hydrogens (tertiary/aromatic N) is 1. The van der Waals surface area contributed by atoms with Crippen molar-refractivity contribution < 1.29 is 4.74 Å². The van der Waals surface area contributed by atoms with Crippen LogP contribution in [0, 0.1) is 0 Å². The van der Waals surface area contributed by atoms with E-state index < -0.39 is 0 Å². The van der Waals surface area contributed by atoms with Gasteiger partial charge in [0.05, 0.1) is 0 Å². The van der Waals surface area contributed by atoms with Gasteiger partial charge in [-0.05, 0) is 62.7 Å². The highest BCUT2D eigenvalue weighted by atomic mass is 35.5. The maximum atomic E-state index is 6.03. The summed E-state index contributed by atoms with van der Waals surface area (Å²) >= 11 is 6.03. The van der Waals surface area contributed by atoms with Crippen LogP contribution in [0.25, 0.3) is 0 Å². The summed E-state index contributed by atoms with van der Waals surface area (Å²) in [7, 11) is 0. The van der Waals surface area contributed by atoms with E-state index in [0.717, 1.165) is 23.7 Å². The molecule has 3 rings (SSSR count). The standard InChI is InChI=1S/C17H25ClN2O/c1-2-7-20-8-5-15(6-9-20)19-12-16-11-13-10-14(18)3-4-17(13)21-16/h3-4,10,15-16,19H,2,5-9,11-12H2,1H3. The van der Waals surface area contributed by atoms with Crippen molar-refractivity contribution in [3.8, 4) is 5.75 Å². The highest BCUT2D eigenvalue weighted by molar-refractivity contribution is 6.30. The molecule has 4 heteroatoms. The molecule has 21 heavy (non-hydrogen) atoms. The summed E-state index contributed by atoms with van der Waals surface area (Å²) in [6.07, 6.45) is 5.00. The fraction of sp³-hybridized carbons (Fsp3) is 0.647. The maximum absolute atomic E-state index is 6.03. The predicted molar refractivity (Wildman–Crippen MR) is 87.3 cm³/mol. The molecule has 3 nitrogen and oxygen atoms in total. The summed E-state index contributed by atoms with van der Waals surface area (Å²) in [5, 5.41) is 4.49. The first-order valence-corrected chi connectivity index (χ1v) is 8.53. The van der Waals surface area contributed by atoms with Gasteiger partial charge in [0.25, 0.3) is 0 Å². The Morgan fingerprint density at radius 1 is 1.33 bits per heavy atom. The number of piperidine rings is 1. The van der Waals surface area contributed by atoms with E-state index in [2.05, 4.69) is 17.1 Å². The number of nitrogens with one attached hydrogen (secondary N) is 1. The Hall–Kier alpha value is -0.770. The molecule has 0 saturated carbocycles. The topological polar surface area (TPSA) is 24.5 Å². The van der Waals surface area contributed by atoms with Crippen LogP contribution in [0.2, 0.25) is 5.02 Å². The van der Waals surface area contributed by atoms with Crippen LogP contribution in [0.15, 0.2) is 18.2 Å². The van der Waals surface area contributed by atoms with Crippen molar-refractivity contribution in [3.63, 3.8) is 0 Å². The molecule has 0 radical (unpaired) electrons. The molecular formula is C17H25ClN2O. The Labute approximate surface area is 132 Å². The summed E-state index contributed by atoms with van der Waals surface area (Å²) < 4.78 is 5.98. The summed E-state index contributed by atoms with van der Waals surface area (Å²) in [5.41, 5.74) is 1.24. The van der Waals surface area contributed by atoms with E-state index >= 15 is 0 Å². The van der Waals surface area contributed by atoms with E-state index in [1.807, 2.05) is 18.2 Å². The third kappa shape index (κ3) is 3.91. The first-order chi connectivity index (χ1) is 10.2. The molecule has 2 heterocycles. The molecule has 0 aromatic heterocycles. The zero-order valence-electron chi connectivity index (χ0n) is 12.8. The smallest absolute Gasteiger partial charge is 0.123 e. The minimum atomic E-state index is 0.257. The molecule has 0 amide bonds. The van der Waals surface area contributed by atoms with E-state index in [1.165, 1.54) is 44.5 Å². The minimum Gasteiger partial charge on any atom is -0.488 e. The summed E-state index contributed by atoms with van der Waals surface area (Å²) in [6.45, 7) is 6.89. The molecular weight excluding hydrogens is 284 g/mol. The van der Waals surface area contributed by atoms with Gasteiger partial charge in [0.15, 0.2) is 0 Å². The summed E-state index contributed by atoms with van der Waals surface area (Å²) in [6, 6.07) is 6.56. The third-order valence-corrected chi connectivity index (χ3v) is 4.76. The molecule has 0 spiro atoms. The molecule has 2 aliphatic rings. The van der Waals surface area contributed by atoms with Gasteiger partial charge in [-0.2, -0.15) is 0 Å². The summed E-state index contributed by atoms with van der Waals surface area (Å²) in [5.74, 6) is 1.00. The third-order valence-electron chi connectivity index (χ3n) is 4.53. The molecule has 1 aromatic rings. The largest absolute Gasteiger partial charge is 0.488 e. The normalized spacial score (nSPS) is 23.0. The van der Waals surface area contributed by atoms with Gasteiger partial charge in [-0.15, -0.1) is 0 Å². The molecule has 1 unspecified atom stereocenters. The second-order valence-corrected chi connectivity index (χ2v) is 6.66. The minimum absolute atomic E-state index is 0.257. The van der Waals surface area contributed by atoms with Crippen LogP contribution in [0.1, 0.15) is 31.7 Å². The average molecular weight is 309 g/mol. The van der Waals surface area contributed by atoms with Gasteiger partial charge < -0.3 is 15.0 Å². The molecule has 1 atom stereocenters. The highest BCUT2D eigenvalue weighted by Gasteiger charge is 2.25. The van der Waals surface area contributed by atoms with Crippen LogP contribution in [0.5, 0.6) is 5.75 Å². The van der Waals surface area contributed by atoms with Gasteiger partial charge in [-0.3, -0.25) is 0 Å². The number of halogens is 1. The Balaban J connectivity index is 1.41. The Bertz CT molecular complexity index is 472. The van der Waals surface area contributed by atoms with Crippen molar-refractivity contribution in [1.82, 2.24) is 10.2 Å². The molecule has 0 aliphatic carbocycles. The first-order valence-electron chi connectivity index (χ1n) is 8.15. The molecule has 1 aromatic carbocycles. The van der Waals surface area contributed by atoms with Gasteiger partial charge in [0.2, 0.25) is 0 Å². The van der Waals surface area contributed by atoms with Crippen LogP contribution in [-0.4, -0.2) is 43.2 Å². The van der Waals surface area contributed by atoms with Crippen LogP contribution < -0.4 is 10.1 Å². The molecule has 0 bridgehead atoms. The SMILES string of the molecule is CCCN1CCC(NCC2Cc3cc(Cl)ccc3O2)CC1. The monoisotopic (exact) mass is 308 g/mol. The van der Waals surface area contributed by atoms with Gasteiger partial charge in [0.1, 0.15) is 11.9 Å². The number of hydrogen-bond donors (Lipinski definition) is 1. The predicted octanol–water partition coefficient (Wildman–Crippen LogP) is 3.11. The number of hydrogen-bond acceptors (Lipinski definition) is 3. The first kappa shape index (κ1) is 15.1. The quantitative estimate of drug-likeness (QED) is 0.904. The van der Waals surface area contributed by atoms with Gasteiger partial charge >= 0.3 is 0 Å². The van der Waals surface area contributed by atoms with Crippen molar-refractivity contribution in [2.24, 2.45) is 0 Å². The maximum Gasteiger partial charge on any atom is 0.123 e. The molecule has 116 valence electrons. The van der Waals surface area contributed by atoms with Crippen LogP contribution in [-0.2, 0) is 6.42 Å². The number of rotatable bonds is 5. The van der Waals surface area contributed by atoms with E-state index in [1.54, 1.807) is 0 Å². The van der Waals surface area contributed by atoms with Crippen LogP contribution >= 0.6 is 11.6 Å². The second-order valence-electron chi connectivity index (χ2n) is 6.22. The van der Waals surface area contributed by atoms with E-state index in [-0.39, 0.29) is 6.10 Å². The zero-order valence-corrected chi connectivity index (χ0v) is 13.5. The highest BCUT2D eigenvalue weighted by Crippen LogP contribution is 2.30. The summed E-state index contributed by atoms with van der Waals surface area (Å²) in [4.78, 5) is 2.57. The van der Waals surface area contributed by atoms with Crippen molar-refractivity contribution >= 4 is 11.6 Å². The number of likely N-dealkylation sites (tertiary alicyclic amines) is 1. The lowest BCUT2D eigenvalue weighted by Crippen LogP contribution is -2.45. The number of fused-ring (bicyclic) bond motifs is 1. The van der Waals surface area contributed by atoms with Gasteiger partial charge in [0, 0.05) is 24.0 Å². The Kier molecular flexibility index (Phi) is 5.04. The zero-order chi connectivity index (χ0) is 14.7. The lowest BCUT2D eigenvalue weighted by Gasteiger charge is -2.32. The van der Waals surface area contributed by atoms with Crippen LogP contribution in [0.3, 0.4) is 0 Å². The van der Waals surface area contributed by atoms with E-state index in [0.29, 0.717) is 6.04 Å². The van der Waals surface area contributed by atoms with Gasteiger partial charge in [-0.25, -0.2) is 0 Å². The van der Waals surface area contributed by atoms with E-state index in [4.69, 9.17) is 16.3 Å². The van der Waals surface area contributed by atoms with Crippen molar-refractivity contribution in [1.29, 1.82) is 0 Å². The van der Waals surface area contributed by atoms with Gasteiger partial charge in [-0.1, -0.05) is 18.5 Å². The fourth-order valence-corrected chi connectivity index (χ4v) is 3.57. The van der Waals surface area contributed by atoms with Crippen molar-refractivity contribution in [2.75, 3.05) is 26.2 Å². The fourth-order valence-electron chi connectivity index (χ4n) is 3.38. The molecule has 2 aliphatic heterocycles. The number of ether oxygens (including phenoxy) is 1. The molecule has 1 N–H and O–H groups in total. The Morgan fingerprint density at radius 3 is 2.90 bits per heavy atom. The van der Waals surface area contributed by atoms with E-state index in [9.17, 15) is 0 Å². The lowest BCUT2D eigenvalue weighted by molar-refractivity contribution is 0.177. The number of benzene rings is 1.